The van der Waals surface area contributed by atoms with E-state index in [1.165, 1.54) is 0 Å². The monoisotopic (exact) mass is 438 g/mol. The summed E-state index contributed by atoms with van der Waals surface area (Å²) in [4.78, 5) is 17.4. The second-order valence-electron chi connectivity index (χ2n) is 7.80. The fourth-order valence-electron chi connectivity index (χ4n) is 3.65. The van der Waals surface area contributed by atoms with Gasteiger partial charge in [-0.2, -0.15) is 0 Å². The molecule has 0 radical (unpaired) electrons. The number of hydrogen-bond donors (Lipinski definition) is 0. The first-order chi connectivity index (χ1) is 15.1. The molecular formula is C24H27ClN4O2. The summed E-state index contributed by atoms with van der Waals surface area (Å²) in [5.41, 5.74) is 2.62. The molecule has 31 heavy (non-hydrogen) atoms. The smallest absolute Gasteiger partial charge is 0.254 e. The van der Waals surface area contributed by atoms with Crippen LogP contribution in [0.4, 0.5) is 5.69 Å². The molecule has 0 N–H and O–H groups in total. The van der Waals surface area contributed by atoms with Crippen molar-refractivity contribution in [3.63, 3.8) is 0 Å². The van der Waals surface area contributed by atoms with Crippen LogP contribution in [0.2, 0.25) is 5.02 Å². The molecule has 2 aromatic carbocycles. The van der Waals surface area contributed by atoms with Gasteiger partial charge in [0.1, 0.15) is 0 Å². The molecular weight excluding hydrogens is 412 g/mol. The van der Waals surface area contributed by atoms with Crippen LogP contribution in [-0.2, 0) is 6.54 Å². The van der Waals surface area contributed by atoms with E-state index >= 15 is 0 Å². The molecule has 1 heterocycles. The molecule has 0 aliphatic heterocycles. The summed E-state index contributed by atoms with van der Waals surface area (Å²) in [6.45, 7) is 6.58. The van der Waals surface area contributed by atoms with Crippen molar-refractivity contribution in [1.29, 1.82) is 0 Å². The third-order valence-electron chi connectivity index (χ3n) is 5.47. The molecule has 0 atom stereocenters. The second-order valence-corrected chi connectivity index (χ2v) is 8.24. The summed E-state index contributed by atoms with van der Waals surface area (Å²) in [6.07, 6.45) is 3.09. The van der Waals surface area contributed by atoms with Crippen LogP contribution in [0.1, 0.15) is 49.4 Å². The highest BCUT2D eigenvalue weighted by Crippen LogP contribution is 2.30. The van der Waals surface area contributed by atoms with Crippen molar-refractivity contribution >= 4 is 23.2 Å². The molecule has 0 bridgehead atoms. The summed E-state index contributed by atoms with van der Waals surface area (Å²) >= 11 is 5.95. The Morgan fingerprint density at radius 3 is 2.39 bits per heavy atom. The fourth-order valence-corrected chi connectivity index (χ4v) is 3.77. The van der Waals surface area contributed by atoms with E-state index in [0.717, 1.165) is 43.6 Å². The number of halogens is 1. The van der Waals surface area contributed by atoms with Gasteiger partial charge in [-0.25, -0.2) is 0 Å². The molecule has 1 aliphatic rings. The Morgan fingerprint density at radius 2 is 1.77 bits per heavy atom. The minimum absolute atomic E-state index is 0.00108. The lowest BCUT2D eigenvalue weighted by atomic mass is 10.1. The van der Waals surface area contributed by atoms with Crippen LogP contribution in [0.15, 0.2) is 52.9 Å². The van der Waals surface area contributed by atoms with Crippen LogP contribution in [-0.4, -0.2) is 40.1 Å². The highest BCUT2D eigenvalue weighted by Gasteiger charge is 2.34. The van der Waals surface area contributed by atoms with E-state index in [1.54, 1.807) is 12.1 Å². The molecule has 7 heteroatoms. The van der Waals surface area contributed by atoms with Crippen molar-refractivity contribution < 1.29 is 9.21 Å². The Morgan fingerprint density at radius 1 is 1.06 bits per heavy atom. The van der Waals surface area contributed by atoms with Gasteiger partial charge in [-0.3, -0.25) is 4.79 Å². The minimum atomic E-state index is -0.00108. The molecule has 162 valence electrons. The van der Waals surface area contributed by atoms with Crippen LogP contribution in [0.25, 0.3) is 11.5 Å². The maximum Gasteiger partial charge on any atom is 0.254 e. The van der Waals surface area contributed by atoms with Gasteiger partial charge in [0.15, 0.2) is 0 Å². The molecule has 3 aromatic rings. The van der Waals surface area contributed by atoms with Crippen molar-refractivity contribution in [1.82, 2.24) is 15.1 Å². The number of anilines is 1. The largest absolute Gasteiger partial charge is 0.419 e. The number of aromatic nitrogens is 2. The Hall–Kier alpha value is -2.86. The van der Waals surface area contributed by atoms with Gasteiger partial charge in [-0.05, 0) is 74.7 Å². The third kappa shape index (κ3) is 5.07. The number of benzene rings is 2. The standard InChI is InChI=1S/C24H27ClN4O2/c1-3-15-28(4-2)20-11-7-18(8-12-20)24(30)29(21-13-14-21)16-22-26-27-23(31-22)17-5-9-19(25)10-6-17/h5-12,21H,3-4,13-16H2,1-2H3. The van der Waals surface area contributed by atoms with Crippen molar-refractivity contribution in [2.45, 2.75) is 45.7 Å². The lowest BCUT2D eigenvalue weighted by Gasteiger charge is -2.24. The van der Waals surface area contributed by atoms with Gasteiger partial charge in [-0.1, -0.05) is 18.5 Å². The zero-order valence-corrected chi connectivity index (χ0v) is 18.7. The Balaban J connectivity index is 1.48. The van der Waals surface area contributed by atoms with Gasteiger partial charge in [0, 0.05) is 41.0 Å². The van der Waals surface area contributed by atoms with Crippen molar-refractivity contribution in [2.24, 2.45) is 0 Å². The van der Waals surface area contributed by atoms with Crippen LogP contribution in [0.3, 0.4) is 0 Å². The van der Waals surface area contributed by atoms with Crippen LogP contribution in [0.5, 0.6) is 0 Å². The van der Waals surface area contributed by atoms with Crippen LogP contribution < -0.4 is 4.90 Å². The minimum Gasteiger partial charge on any atom is -0.419 e. The summed E-state index contributed by atoms with van der Waals surface area (Å²) in [6, 6.07) is 15.4. The Kier molecular flexibility index (Phi) is 6.56. The summed E-state index contributed by atoms with van der Waals surface area (Å²) in [5, 5.41) is 8.95. The number of hydrogen-bond acceptors (Lipinski definition) is 5. The second kappa shape index (κ2) is 9.52. The van der Waals surface area contributed by atoms with Gasteiger partial charge in [0.05, 0.1) is 6.54 Å². The van der Waals surface area contributed by atoms with Gasteiger partial charge in [-0.15, -0.1) is 10.2 Å². The number of amides is 1. The number of carbonyl (C=O) groups is 1. The van der Waals surface area contributed by atoms with Crippen molar-refractivity contribution in [3.8, 4) is 11.5 Å². The lowest BCUT2D eigenvalue weighted by molar-refractivity contribution is 0.0714. The average Bonchev–Trinajstić information content (AvgIpc) is 3.53. The predicted molar refractivity (Wildman–Crippen MR) is 122 cm³/mol. The van der Waals surface area contributed by atoms with Gasteiger partial charge in [0.2, 0.25) is 11.8 Å². The maximum atomic E-state index is 13.2. The first kappa shape index (κ1) is 21.4. The highest BCUT2D eigenvalue weighted by molar-refractivity contribution is 6.30. The number of rotatable bonds is 9. The van der Waals surface area contributed by atoms with E-state index < -0.39 is 0 Å². The molecule has 0 saturated heterocycles. The molecule has 1 amide bonds. The molecule has 0 unspecified atom stereocenters. The normalized spacial score (nSPS) is 13.3. The maximum absolute atomic E-state index is 13.2. The molecule has 0 spiro atoms. The van der Waals surface area contributed by atoms with Crippen LogP contribution in [0, 0.1) is 0 Å². The van der Waals surface area contributed by atoms with E-state index in [0.29, 0.717) is 28.9 Å². The first-order valence-electron chi connectivity index (χ1n) is 10.8. The molecule has 4 rings (SSSR count). The van der Waals surface area contributed by atoms with E-state index in [-0.39, 0.29) is 11.9 Å². The van der Waals surface area contributed by atoms with E-state index in [9.17, 15) is 4.79 Å². The number of carbonyl (C=O) groups excluding carboxylic acids is 1. The quantitative estimate of drug-likeness (QED) is 0.445. The topological polar surface area (TPSA) is 62.5 Å². The van der Waals surface area contributed by atoms with Gasteiger partial charge >= 0.3 is 0 Å². The molecule has 1 saturated carbocycles. The Bertz CT molecular complexity index is 1010. The van der Waals surface area contributed by atoms with E-state index in [2.05, 4.69) is 28.9 Å². The predicted octanol–water partition coefficient (Wildman–Crippen LogP) is 5.43. The first-order valence-corrected chi connectivity index (χ1v) is 11.2. The fraction of sp³-hybridized carbons (Fsp3) is 0.375. The summed E-state index contributed by atoms with van der Waals surface area (Å²) < 4.78 is 5.83. The van der Waals surface area contributed by atoms with Crippen molar-refractivity contribution in [2.75, 3.05) is 18.0 Å². The molecule has 1 aliphatic carbocycles. The zero-order valence-electron chi connectivity index (χ0n) is 17.9. The highest BCUT2D eigenvalue weighted by atomic mass is 35.5. The molecule has 6 nitrogen and oxygen atoms in total. The number of nitrogens with zero attached hydrogens (tertiary/aromatic N) is 4. The van der Waals surface area contributed by atoms with E-state index in [4.69, 9.17) is 16.0 Å². The van der Waals surface area contributed by atoms with E-state index in [1.807, 2.05) is 41.3 Å². The lowest BCUT2D eigenvalue weighted by Crippen LogP contribution is -2.32. The molecule has 1 aromatic heterocycles. The van der Waals surface area contributed by atoms with Crippen molar-refractivity contribution in [3.05, 3.63) is 65.0 Å². The zero-order chi connectivity index (χ0) is 21.8. The SMILES string of the molecule is CCCN(CC)c1ccc(C(=O)N(Cc2nnc(-c3ccc(Cl)cc3)o2)C2CC2)cc1. The third-order valence-corrected chi connectivity index (χ3v) is 5.72. The summed E-state index contributed by atoms with van der Waals surface area (Å²) in [7, 11) is 0. The van der Waals surface area contributed by atoms with Gasteiger partial charge < -0.3 is 14.2 Å². The summed E-state index contributed by atoms with van der Waals surface area (Å²) in [5.74, 6) is 0.857. The van der Waals surface area contributed by atoms with Crippen LogP contribution >= 0.6 is 11.6 Å². The average molecular weight is 439 g/mol. The molecule has 1 fully saturated rings. The Labute approximate surface area is 187 Å². The van der Waals surface area contributed by atoms with Gasteiger partial charge in [0.25, 0.3) is 5.91 Å².